The number of nitrogens with one attached hydrogen (secondary N) is 1. The number of ether oxygens (including phenoxy) is 4. The number of carbonyl (C=O) groups excluding carboxylic acids is 2. The summed E-state index contributed by atoms with van der Waals surface area (Å²) in [6, 6.07) is 12.6. The largest absolute Gasteiger partial charge is 0.470 e. The number of aromatic nitrogens is 9. The fourth-order valence-electron chi connectivity index (χ4n) is 7.62. The summed E-state index contributed by atoms with van der Waals surface area (Å²) in [5, 5.41) is 25.8. The highest BCUT2D eigenvalue weighted by Gasteiger charge is 2.28. The van der Waals surface area contributed by atoms with Crippen molar-refractivity contribution in [2.75, 3.05) is 19.8 Å². The number of aliphatic imine (C=N–C) groups is 1. The smallest absolute Gasteiger partial charge is 0.343 e. The molecule has 7 heterocycles. The Labute approximate surface area is 495 Å². The summed E-state index contributed by atoms with van der Waals surface area (Å²) in [6.45, 7) is 13.7. The van der Waals surface area contributed by atoms with Gasteiger partial charge in [0.1, 0.15) is 51.8 Å². The molecule has 0 saturated heterocycles. The van der Waals surface area contributed by atoms with E-state index in [1.54, 1.807) is 75.2 Å². The lowest BCUT2D eigenvalue weighted by atomic mass is 10.1. The number of aliphatic hydroxyl groups excluding tert-OH is 1. The molecule has 0 fully saturated rings. The Kier molecular flexibility index (Phi) is 20.6. The molecule has 0 saturated carbocycles. The third-order valence-corrected chi connectivity index (χ3v) is 13.8. The van der Waals surface area contributed by atoms with Crippen LogP contribution in [0, 0.1) is 17.5 Å². The first kappa shape index (κ1) is 61.9. The zero-order valence-corrected chi connectivity index (χ0v) is 49.0. The molecule has 0 radical (unpaired) electrons. The van der Waals surface area contributed by atoms with Crippen LogP contribution in [0.25, 0.3) is 16.9 Å². The van der Waals surface area contributed by atoms with Gasteiger partial charge in [0.15, 0.2) is 16.9 Å². The van der Waals surface area contributed by atoms with E-state index in [0.29, 0.717) is 57.2 Å². The van der Waals surface area contributed by atoms with E-state index in [-0.39, 0.29) is 59.9 Å². The average molecular weight is 1260 g/mol. The Hall–Kier alpha value is -6.69. The molecule has 6 aromatic heterocycles. The molecule has 28 heteroatoms. The lowest BCUT2D eigenvalue weighted by molar-refractivity contribution is 0.0518. The number of fused-ring (bicyclic) bond motifs is 3. The summed E-state index contributed by atoms with van der Waals surface area (Å²) in [5.74, 6) is -1.40. The first-order valence-corrected chi connectivity index (χ1v) is 26.8. The number of rotatable bonds is 12. The highest BCUT2D eigenvalue weighted by molar-refractivity contribution is 6.37. The van der Waals surface area contributed by atoms with Crippen LogP contribution >= 0.6 is 81.2 Å². The van der Waals surface area contributed by atoms with Crippen molar-refractivity contribution in [1.82, 2.24) is 49.1 Å². The molecule has 426 valence electrons. The van der Waals surface area contributed by atoms with Crippen LogP contribution in [0.5, 0.6) is 11.8 Å². The number of esters is 2. The molecule has 0 aliphatic carbocycles. The molecule has 9 aromatic rings. The van der Waals surface area contributed by atoms with E-state index in [0.717, 1.165) is 17.5 Å². The zero-order chi connectivity index (χ0) is 59.0. The third-order valence-electron chi connectivity index (χ3n) is 11.4. The Morgan fingerprint density at radius 3 is 1.44 bits per heavy atom. The van der Waals surface area contributed by atoms with Gasteiger partial charge in [0.2, 0.25) is 11.8 Å². The van der Waals surface area contributed by atoms with Crippen molar-refractivity contribution in [1.29, 1.82) is 0 Å². The number of carbonyl (C=O) groups is 2. The van der Waals surface area contributed by atoms with Gasteiger partial charge in [-0.1, -0.05) is 81.2 Å². The van der Waals surface area contributed by atoms with Gasteiger partial charge in [-0.3, -0.25) is 4.99 Å². The number of aliphatic hydroxyl groups is 1. The van der Waals surface area contributed by atoms with Crippen molar-refractivity contribution in [3.63, 3.8) is 0 Å². The zero-order valence-electron chi connectivity index (χ0n) is 43.7. The lowest BCUT2D eigenvalue weighted by Crippen LogP contribution is -2.39. The van der Waals surface area contributed by atoms with E-state index in [1.165, 1.54) is 58.7 Å². The summed E-state index contributed by atoms with van der Waals surface area (Å²) in [5.41, 5.74) is 3.42. The summed E-state index contributed by atoms with van der Waals surface area (Å²) in [7, 11) is 0. The van der Waals surface area contributed by atoms with Gasteiger partial charge in [-0.25, -0.2) is 41.3 Å². The Morgan fingerprint density at radius 1 is 0.605 bits per heavy atom. The molecule has 1 aliphatic heterocycles. The minimum absolute atomic E-state index is 0.0575. The van der Waals surface area contributed by atoms with Gasteiger partial charge in [0.25, 0.3) is 0 Å². The topological polar surface area (TPSA) is 206 Å². The molecular weight excluding hydrogens is 1210 g/mol. The van der Waals surface area contributed by atoms with Gasteiger partial charge < -0.3 is 29.4 Å². The van der Waals surface area contributed by atoms with Gasteiger partial charge in [0.05, 0.1) is 70.6 Å². The molecule has 3 atom stereocenters. The SMILES string of the molecule is CCOC(=O)c1cnn2ccc(Cl)nc12.CCOC(=O)c1cnn2ccc(O[C@H](C)c3c(Cl)ccc(F)c3Cl)nc12.C[C@@H](O)c1c(Cl)ccc(F)c1Cl.C[C@@H](Oc1ccn2ncc(C3=NCC(C)(C)N3)c2n1)c1c(Cl)ccc(F)c1Cl. The van der Waals surface area contributed by atoms with E-state index >= 15 is 0 Å². The van der Waals surface area contributed by atoms with Crippen LogP contribution in [0.1, 0.15) is 110 Å². The molecule has 3 aromatic carbocycles. The summed E-state index contributed by atoms with van der Waals surface area (Å²) < 4.78 is 66.4. The Bertz CT molecular complexity index is 3810. The number of halogens is 10. The maximum atomic E-state index is 13.8. The third kappa shape index (κ3) is 14.7. The van der Waals surface area contributed by atoms with Gasteiger partial charge in [-0.2, -0.15) is 25.3 Å². The van der Waals surface area contributed by atoms with Crippen molar-refractivity contribution in [2.45, 2.75) is 72.3 Å². The van der Waals surface area contributed by atoms with Crippen LogP contribution in [0.15, 0.2) is 96.8 Å². The maximum Gasteiger partial charge on any atom is 0.343 e. The van der Waals surface area contributed by atoms with Crippen LogP contribution < -0.4 is 14.8 Å². The summed E-state index contributed by atoms with van der Waals surface area (Å²) in [6.07, 6.45) is 7.32. The van der Waals surface area contributed by atoms with E-state index < -0.39 is 47.7 Å². The first-order chi connectivity index (χ1) is 38.4. The number of hydrogen-bond donors (Lipinski definition) is 2. The number of benzene rings is 3. The van der Waals surface area contributed by atoms with E-state index in [4.69, 9.17) is 100 Å². The average Bonchev–Trinajstić information content (AvgIpc) is 4.24. The van der Waals surface area contributed by atoms with Crippen LogP contribution in [-0.4, -0.2) is 92.0 Å². The summed E-state index contributed by atoms with van der Waals surface area (Å²) in [4.78, 5) is 40.8. The van der Waals surface area contributed by atoms with Gasteiger partial charge in [-0.05, 0) is 90.9 Å². The molecular formula is C53H47Cl7F3N11O7. The second kappa shape index (κ2) is 26.9. The monoisotopic (exact) mass is 1250 g/mol. The normalized spacial score (nSPS) is 13.6. The standard InChI is InChI=1S/C19H18Cl2FN5O.C17H14Cl2FN3O3.C9H8ClN3O2.C8H7Cl2FO/c1-10(15-12(20)4-5-13(22)16(15)21)28-14-6-7-27-18(25-14)11(8-24-27)17-23-9-19(2,3)26-17;1-3-25-17(24)10-8-21-23-7-6-13(22-16(10)23)26-9(2)14-11(18)4-5-12(20)15(14)19;1-2-15-9(14)6-5-11-13-4-3-7(10)12-8(6)13;1-4(12)7-5(9)2-3-6(11)8(7)10/h4-8,10H,9H2,1-3H3,(H,23,26);4-9H,3H2,1-2H3;3-5H,2H2,1H3;2-4,12H,1H3/t10-;9-;;4-/m11.1/s1. The molecule has 0 amide bonds. The number of amidine groups is 1. The molecule has 2 N–H and O–H groups in total. The molecule has 0 bridgehead atoms. The van der Waals surface area contributed by atoms with Crippen molar-refractivity contribution in [3.05, 3.63) is 178 Å². The second-order valence-electron chi connectivity index (χ2n) is 17.8. The fraction of sp³-hybridized carbons (Fsp3) is 0.264. The van der Waals surface area contributed by atoms with E-state index in [1.807, 2.05) is 0 Å². The highest BCUT2D eigenvalue weighted by Crippen LogP contribution is 2.37. The van der Waals surface area contributed by atoms with E-state index in [2.05, 4.69) is 54.4 Å². The molecule has 18 nitrogen and oxygen atoms in total. The maximum absolute atomic E-state index is 13.8. The Morgan fingerprint density at radius 2 is 1.01 bits per heavy atom. The molecule has 1 aliphatic rings. The quantitative estimate of drug-likeness (QED) is 0.0663. The van der Waals surface area contributed by atoms with Gasteiger partial charge >= 0.3 is 11.9 Å². The van der Waals surface area contributed by atoms with Gasteiger partial charge in [0, 0.05) is 62.5 Å². The van der Waals surface area contributed by atoms with E-state index in [9.17, 15) is 27.9 Å². The van der Waals surface area contributed by atoms with Crippen LogP contribution in [0.3, 0.4) is 0 Å². The predicted molar refractivity (Wildman–Crippen MR) is 302 cm³/mol. The van der Waals surface area contributed by atoms with Crippen molar-refractivity contribution in [3.8, 4) is 11.8 Å². The van der Waals surface area contributed by atoms with Crippen LogP contribution in [0.4, 0.5) is 13.2 Å². The summed E-state index contributed by atoms with van der Waals surface area (Å²) >= 11 is 41.4. The van der Waals surface area contributed by atoms with Crippen molar-refractivity contribution >= 4 is 116 Å². The van der Waals surface area contributed by atoms with Crippen LogP contribution in [0.2, 0.25) is 35.3 Å². The van der Waals surface area contributed by atoms with Gasteiger partial charge in [-0.15, -0.1) is 0 Å². The lowest BCUT2D eigenvalue weighted by Gasteiger charge is -2.18. The van der Waals surface area contributed by atoms with Crippen molar-refractivity contribution < 1.29 is 46.8 Å². The molecule has 81 heavy (non-hydrogen) atoms. The second-order valence-corrected chi connectivity index (χ2v) is 20.6. The molecule has 0 spiro atoms. The molecule has 0 unspecified atom stereocenters. The minimum Gasteiger partial charge on any atom is -0.470 e. The van der Waals surface area contributed by atoms with Crippen LogP contribution in [-0.2, 0) is 9.47 Å². The number of hydrogen-bond acceptors (Lipinski definition) is 15. The fourth-order valence-corrected chi connectivity index (χ4v) is 9.80. The molecule has 10 rings (SSSR count). The first-order valence-electron chi connectivity index (χ1n) is 24.2. The minimum atomic E-state index is -0.860. The predicted octanol–water partition coefficient (Wildman–Crippen LogP) is 13.7. The highest BCUT2D eigenvalue weighted by atomic mass is 35.5. The Balaban J connectivity index is 0.000000164. The van der Waals surface area contributed by atoms with Crippen molar-refractivity contribution in [2.24, 2.45) is 4.99 Å². The number of nitrogens with zero attached hydrogens (tertiary/aromatic N) is 10.